The van der Waals surface area contributed by atoms with Crippen molar-refractivity contribution in [3.05, 3.63) is 0 Å². The molecule has 1 fully saturated rings. The lowest BCUT2D eigenvalue weighted by molar-refractivity contribution is 0.0479. The molecule has 0 atom stereocenters. The van der Waals surface area contributed by atoms with E-state index in [1.54, 1.807) is 0 Å². The zero-order chi connectivity index (χ0) is 7.61. The van der Waals surface area contributed by atoms with Gasteiger partial charge < -0.3 is 10.0 Å². The predicted octanol–water partition coefficient (Wildman–Crippen LogP) is 0.853. The summed E-state index contributed by atoms with van der Waals surface area (Å²) in [7, 11) is 0. The molecule has 0 bridgehead atoms. The summed E-state index contributed by atoms with van der Waals surface area (Å²) in [5, 5.41) is 9.36. The number of aliphatic hydroxyl groups is 1. The molecule has 2 nitrogen and oxygen atoms in total. The quantitative estimate of drug-likeness (QED) is 0.633. The Bertz CT molecular complexity index is 102. The van der Waals surface area contributed by atoms with Gasteiger partial charge in [-0.25, -0.2) is 0 Å². The van der Waals surface area contributed by atoms with E-state index >= 15 is 0 Å². The van der Waals surface area contributed by atoms with Crippen LogP contribution in [0.15, 0.2) is 0 Å². The van der Waals surface area contributed by atoms with Crippen molar-refractivity contribution in [3.8, 4) is 0 Å². The van der Waals surface area contributed by atoms with Crippen LogP contribution in [-0.4, -0.2) is 35.2 Å². The molecule has 0 saturated carbocycles. The summed E-state index contributed by atoms with van der Waals surface area (Å²) in [6.07, 6.45) is 2.23. The van der Waals surface area contributed by atoms with Crippen LogP contribution in [0.4, 0.5) is 0 Å². The largest absolute Gasteiger partial charge is 0.390 e. The molecule has 10 heavy (non-hydrogen) atoms. The SMILES string of the molecule is CC(C)(O)CCN1CCC1. The lowest BCUT2D eigenvalue weighted by Gasteiger charge is -2.32. The maximum absolute atomic E-state index is 9.36. The highest BCUT2D eigenvalue weighted by molar-refractivity contribution is 4.73. The van der Waals surface area contributed by atoms with Crippen LogP contribution in [-0.2, 0) is 0 Å². The van der Waals surface area contributed by atoms with Crippen molar-refractivity contribution in [1.29, 1.82) is 0 Å². The van der Waals surface area contributed by atoms with Gasteiger partial charge in [-0.05, 0) is 39.8 Å². The van der Waals surface area contributed by atoms with E-state index in [0.29, 0.717) is 0 Å². The summed E-state index contributed by atoms with van der Waals surface area (Å²) in [5.41, 5.74) is -0.477. The monoisotopic (exact) mass is 143 g/mol. The molecule has 60 valence electrons. The second-order valence-corrected chi connectivity index (χ2v) is 3.76. The number of hydrogen-bond acceptors (Lipinski definition) is 2. The Kier molecular flexibility index (Phi) is 2.32. The molecular formula is C8H17NO. The highest BCUT2D eigenvalue weighted by Crippen LogP contribution is 2.12. The Hall–Kier alpha value is -0.0800. The van der Waals surface area contributed by atoms with Crippen molar-refractivity contribution in [2.45, 2.75) is 32.3 Å². The molecule has 0 unspecified atom stereocenters. The first kappa shape index (κ1) is 8.02. The van der Waals surface area contributed by atoms with E-state index in [4.69, 9.17) is 0 Å². The first-order chi connectivity index (χ1) is 4.58. The van der Waals surface area contributed by atoms with Crippen LogP contribution in [0.2, 0.25) is 0 Å². The standard InChI is InChI=1S/C8H17NO/c1-8(2,10)4-7-9-5-3-6-9/h10H,3-7H2,1-2H3. The summed E-state index contributed by atoms with van der Waals surface area (Å²) >= 11 is 0. The third-order valence-electron chi connectivity index (χ3n) is 1.99. The topological polar surface area (TPSA) is 23.5 Å². The summed E-state index contributed by atoms with van der Waals surface area (Å²) in [5.74, 6) is 0. The maximum atomic E-state index is 9.36. The number of hydrogen-bond donors (Lipinski definition) is 1. The number of rotatable bonds is 3. The van der Waals surface area contributed by atoms with Gasteiger partial charge in [-0.15, -0.1) is 0 Å². The Morgan fingerprint density at radius 3 is 2.30 bits per heavy atom. The Morgan fingerprint density at radius 2 is 2.00 bits per heavy atom. The summed E-state index contributed by atoms with van der Waals surface area (Å²) in [6, 6.07) is 0. The van der Waals surface area contributed by atoms with Gasteiger partial charge in [0.1, 0.15) is 0 Å². The molecule has 0 radical (unpaired) electrons. The van der Waals surface area contributed by atoms with Crippen LogP contribution in [0.3, 0.4) is 0 Å². The fraction of sp³-hybridized carbons (Fsp3) is 1.00. The molecule has 0 amide bonds. The third-order valence-corrected chi connectivity index (χ3v) is 1.99. The summed E-state index contributed by atoms with van der Waals surface area (Å²) in [6.45, 7) is 7.26. The maximum Gasteiger partial charge on any atom is 0.0603 e. The molecule has 1 rings (SSSR count). The van der Waals surface area contributed by atoms with Gasteiger partial charge in [0.15, 0.2) is 0 Å². The average molecular weight is 143 g/mol. The van der Waals surface area contributed by atoms with Gasteiger partial charge >= 0.3 is 0 Å². The van der Waals surface area contributed by atoms with Gasteiger partial charge in [-0.2, -0.15) is 0 Å². The number of likely N-dealkylation sites (tertiary alicyclic amines) is 1. The molecule has 1 saturated heterocycles. The van der Waals surface area contributed by atoms with Gasteiger partial charge in [0.2, 0.25) is 0 Å². The molecule has 2 heteroatoms. The fourth-order valence-corrected chi connectivity index (χ4v) is 1.04. The van der Waals surface area contributed by atoms with Gasteiger partial charge in [0.05, 0.1) is 5.60 Å². The first-order valence-corrected chi connectivity index (χ1v) is 4.03. The molecule has 0 aromatic heterocycles. The van der Waals surface area contributed by atoms with E-state index in [2.05, 4.69) is 4.90 Å². The van der Waals surface area contributed by atoms with Crippen molar-refractivity contribution in [1.82, 2.24) is 4.90 Å². The lowest BCUT2D eigenvalue weighted by Crippen LogP contribution is -2.40. The molecule has 0 aromatic carbocycles. The van der Waals surface area contributed by atoms with E-state index in [0.717, 1.165) is 13.0 Å². The van der Waals surface area contributed by atoms with E-state index in [1.165, 1.54) is 19.5 Å². The van der Waals surface area contributed by atoms with E-state index in [-0.39, 0.29) is 0 Å². The zero-order valence-electron chi connectivity index (χ0n) is 6.93. The third kappa shape index (κ3) is 2.67. The van der Waals surface area contributed by atoms with Crippen molar-refractivity contribution in [3.63, 3.8) is 0 Å². The first-order valence-electron chi connectivity index (χ1n) is 4.03. The van der Waals surface area contributed by atoms with Crippen molar-refractivity contribution in [2.24, 2.45) is 0 Å². The highest BCUT2D eigenvalue weighted by atomic mass is 16.3. The van der Waals surface area contributed by atoms with Crippen molar-refractivity contribution < 1.29 is 5.11 Å². The molecule has 0 aromatic rings. The Morgan fingerprint density at radius 1 is 1.40 bits per heavy atom. The van der Waals surface area contributed by atoms with E-state index in [9.17, 15) is 5.11 Å². The summed E-state index contributed by atoms with van der Waals surface area (Å²) < 4.78 is 0. The van der Waals surface area contributed by atoms with Gasteiger partial charge in [-0.1, -0.05) is 0 Å². The van der Waals surface area contributed by atoms with Crippen LogP contribution in [0.5, 0.6) is 0 Å². The highest BCUT2D eigenvalue weighted by Gasteiger charge is 2.18. The molecule has 1 heterocycles. The van der Waals surface area contributed by atoms with Crippen molar-refractivity contribution in [2.75, 3.05) is 19.6 Å². The second kappa shape index (κ2) is 2.89. The van der Waals surface area contributed by atoms with Crippen LogP contribution in [0.1, 0.15) is 26.7 Å². The van der Waals surface area contributed by atoms with Crippen LogP contribution >= 0.6 is 0 Å². The summed E-state index contributed by atoms with van der Waals surface area (Å²) in [4.78, 5) is 2.37. The Labute approximate surface area is 62.8 Å². The smallest absolute Gasteiger partial charge is 0.0603 e. The molecule has 0 aliphatic carbocycles. The van der Waals surface area contributed by atoms with E-state index in [1.807, 2.05) is 13.8 Å². The molecule has 0 spiro atoms. The van der Waals surface area contributed by atoms with Crippen molar-refractivity contribution >= 4 is 0 Å². The average Bonchev–Trinajstić information content (AvgIpc) is 1.56. The van der Waals surface area contributed by atoms with E-state index < -0.39 is 5.60 Å². The van der Waals surface area contributed by atoms with Gasteiger partial charge in [0, 0.05) is 6.54 Å². The molecule has 1 aliphatic rings. The van der Waals surface area contributed by atoms with Crippen LogP contribution < -0.4 is 0 Å². The fourth-order valence-electron chi connectivity index (χ4n) is 1.04. The molecule has 1 N–H and O–H groups in total. The van der Waals surface area contributed by atoms with Crippen LogP contribution in [0.25, 0.3) is 0 Å². The Balaban J connectivity index is 2.04. The van der Waals surface area contributed by atoms with Gasteiger partial charge in [0.25, 0.3) is 0 Å². The lowest BCUT2D eigenvalue weighted by atomic mass is 10.0. The molecule has 1 aliphatic heterocycles. The van der Waals surface area contributed by atoms with Crippen LogP contribution in [0, 0.1) is 0 Å². The minimum Gasteiger partial charge on any atom is -0.390 e. The minimum atomic E-state index is -0.477. The number of nitrogens with zero attached hydrogens (tertiary/aromatic N) is 1. The van der Waals surface area contributed by atoms with Gasteiger partial charge in [-0.3, -0.25) is 0 Å². The minimum absolute atomic E-state index is 0.477. The molecular weight excluding hydrogens is 126 g/mol. The second-order valence-electron chi connectivity index (χ2n) is 3.76. The normalized spacial score (nSPS) is 20.7. The predicted molar refractivity (Wildman–Crippen MR) is 42.0 cm³/mol. The zero-order valence-corrected chi connectivity index (χ0v) is 6.93.